The molecule has 0 unspecified atom stereocenters. The molecule has 3 rings (SSSR count). The summed E-state index contributed by atoms with van der Waals surface area (Å²) < 4.78 is 39.4. The molecule has 6 nitrogen and oxygen atoms in total. The number of rotatable bonds is 6. The number of ether oxygens (including phenoxy) is 2. The first-order chi connectivity index (χ1) is 12.9. The number of nitrogens with one attached hydrogen (secondary N) is 1. The van der Waals surface area contributed by atoms with Crippen LogP contribution in [-0.4, -0.2) is 36.7 Å². The van der Waals surface area contributed by atoms with Gasteiger partial charge in [0.1, 0.15) is 11.5 Å². The number of hydrogen-bond donors (Lipinski definition) is 1. The number of hydrogen-bond acceptors (Lipinski definition) is 5. The summed E-state index contributed by atoms with van der Waals surface area (Å²) in [5, 5.41) is 1.51. The van der Waals surface area contributed by atoms with Crippen LogP contribution in [0.4, 0.5) is 11.4 Å². The minimum Gasteiger partial charge on any atom is -0.497 e. The van der Waals surface area contributed by atoms with E-state index in [-0.39, 0.29) is 4.90 Å². The van der Waals surface area contributed by atoms with E-state index in [4.69, 9.17) is 9.47 Å². The van der Waals surface area contributed by atoms with Crippen molar-refractivity contribution in [2.24, 2.45) is 0 Å². The van der Waals surface area contributed by atoms with Crippen LogP contribution in [-0.2, 0) is 10.0 Å². The van der Waals surface area contributed by atoms with Gasteiger partial charge < -0.3 is 14.4 Å². The Morgan fingerprint density at radius 3 is 2.26 bits per heavy atom. The Labute approximate surface area is 159 Å². The summed E-state index contributed by atoms with van der Waals surface area (Å²) >= 11 is 0. The predicted octanol–water partition coefficient (Wildman–Crippen LogP) is 3.72. The highest BCUT2D eigenvalue weighted by Gasteiger charge is 2.20. The van der Waals surface area contributed by atoms with Crippen molar-refractivity contribution in [1.82, 2.24) is 0 Å². The van der Waals surface area contributed by atoms with Gasteiger partial charge in [0.15, 0.2) is 0 Å². The van der Waals surface area contributed by atoms with E-state index in [2.05, 4.69) is 4.72 Å². The molecular weight excluding hydrogens is 364 g/mol. The van der Waals surface area contributed by atoms with E-state index in [9.17, 15) is 8.42 Å². The number of nitrogens with zero attached hydrogens (tertiary/aromatic N) is 1. The highest BCUT2D eigenvalue weighted by Crippen LogP contribution is 2.34. The molecule has 0 atom stereocenters. The van der Waals surface area contributed by atoms with Gasteiger partial charge in [-0.25, -0.2) is 8.42 Å². The molecule has 0 spiro atoms. The van der Waals surface area contributed by atoms with E-state index in [1.807, 2.05) is 37.2 Å². The summed E-state index contributed by atoms with van der Waals surface area (Å²) in [7, 11) is 3.02. The molecule has 0 amide bonds. The first-order valence-corrected chi connectivity index (χ1v) is 9.79. The second-order valence-corrected chi connectivity index (χ2v) is 7.85. The highest BCUT2D eigenvalue weighted by atomic mass is 32.2. The number of methoxy groups -OCH3 is 2. The zero-order chi connectivity index (χ0) is 19.6. The maximum atomic E-state index is 13.1. The van der Waals surface area contributed by atoms with Crippen LogP contribution in [0.5, 0.6) is 11.5 Å². The van der Waals surface area contributed by atoms with Gasteiger partial charge in [0.25, 0.3) is 10.0 Å². The maximum absolute atomic E-state index is 13.1. The van der Waals surface area contributed by atoms with E-state index in [1.165, 1.54) is 14.2 Å². The quantitative estimate of drug-likeness (QED) is 0.699. The molecule has 0 bridgehead atoms. The lowest BCUT2D eigenvalue weighted by Gasteiger charge is -2.18. The number of anilines is 2. The van der Waals surface area contributed by atoms with E-state index in [0.29, 0.717) is 22.6 Å². The second kappa shape index (κ2) is 7.36. The Morgan fingerprint density at radius 2 is 1.59 bits per heavy atom. The summed E-state index contributed by atoms with van der Waals surface area (Å²) in [6.07, 6.45) is 0. The van der Waals surface area contributed by atoms with Crippen molar-refractivity contribution >= 4 is 32.2 Å². The summed E-state index contributed by atoms with van der Waals surface area (Å²) in [4.78, 5) is 2.16. The van der Waals surface area contributed by atoms with Crippen LogP contribution in [0.15, 0.2) is 59.5 Å². The van der Waals surface area contributed by atoms with Crippen molar-refractivity contribution in [1.29, 1.82) is 0 Å². The van der Waals surface area contributed by atoms with Crippen LogP contribution in [0, 0.1) is 0 Å². The van der Waals surface area contributed by atoms with Crippen molar-refractivity contribution in [3.05, 3.63) is 54.6 Å². The topological polar surface area (TPSA) is 67.9 Å². The average Bonchev–Trinajstić information content (AvgIpc) is 2.66. The molecule has 0 radical (unpaired) electrons. The lowest BCUT2D eigenvalue weighted by atomic mass is 10.1. The first-order valence-electron chi connectivity index (χ1n) is 8.31. The van der Waals surface area contributed by atoms with E-state index >= 15 is 0 Å². The molecule has 1 N–H and O–H groups in total. The molecule has 27 heavy (non-hydrogen) atoms. The van der Waals surface area contributed by atoms with Crippen LogP contribution >= 0.6 is 0 Å². The monoisotopic (exact) mass is 386 g/mol. The molecule has 0 fully saturated rings. The van der Waals surface area contributed by atoms with Gasteiger partial charge >= 0.3 is 0 Å². The second-order valence-electron chi connectivity index (χ2n) is 6.19. The standard InChI is InChI=1S/C20H22N2O4S/c1-22(2)18-9-5-8-16-15(18)7-6-10-20(16)27(23,24)21-17-13-14(25-3)11-12-19(17)26-4/h5-13,21H,1-4H3. The Bertz CT molecular complexity index is 1080. The summed E-state index contributed by atoms with van der Waals surface area (Å²) in [6.45, 7) is 0. The normalized spacial score (nSPS) is 11.3. The Hall–Kier alpha value is -2.93. The largest absolute Gasteiger partial charge is 0.497 e. The molecule has 3 aromatic carbocycles. The zero-order valence-electron chi connectivity index (χ0n) is 15.7. The fourth-order valence-electron chi connectivity index (χ4n) is 2.98. The fraction of sp³-hybridized carbons (Fsp3) is 0.200. The molecule has 0 aliphatic carbocycles. The van der Waals surface area contributed by atoms with Gasteiger partial charge in [0, 0.05) is 36.6 Å². The van der Waals surface area contributed by atoms with E-state index in [0.717, 1.165) is 11.1 Å². The van der Waals surface area contributed by atoms with Crippen LogP contribution in [0.2, 0.25) is 0 Å². The minimum absolute atomic E-state index is 0.202. The molecule has 0 heterocycles. The molecule has 3 aromatic rings. The van der Waals surface area contributed by atoms with Gasteiger partial charge in [-0.2, -0.15) is 0 Å². The summed E-state index contributed by atoms with van der Waals surface area (Å²) in [6, 6.07) is 15.8. The summed E-state index contributed by atoms with van der Waals surface area (Å²) in [5.41, 5.74) is 1.26. The third-order valence-electron chi connectivity index (χ3n) is 4.28. The van der Waals surface area contributed by atoms with Crippen LogP contribution in [0.1, 0.15) is 0 Å². The zero-order valence-corrected chi connectivity index (χ0v) is 16.5. The van der Waals surface area contributed by atoms with E-state index < -0.39 is 10.0 Å². The van der Waals surface area contributed by atoms with Crippen molar-refractivity contribution in [3.63, 3.8) is 0 Å². The van der Waals surface area contributed by atoms with Gasteiger partial charge in [-0.15, -0.1) is 0 Å². The average molecular weight is 386 g/mol. The highest BCUT2D eigenvalue weighted by molar-refractivity contribution is 7.93. The number of benzene rings is 3. The molecular formula is C20H22N2O4S. The van der Waals surface area contributed by atoms with E-state index in [1.54, 1.807) is 36.4 Å². The van der Waals surface area contributed by atoms with Crippen LogP contribution in [0.3, 0.4) is 0 Å². The van der Waals surface area contributed by atoms with Crippen LogP contribution < -0.4 is 19.1 Å². The minimum atomic E-state index is -3.84. The van der Waals surface area contributed by atoms with Crippen molar-refractivity contribution in [2.75, 3.05) is 37.9 Å². The van der Waals surface area contributed by atoms with Crippen molar-refractivity contribution in [3.8, 4) is 11.5 Å². The van der Waals surface area contributed by atoms with Crippen molar-refractivity contribution in [2.45, 2.75) is 4.90 Å². The fourth-order valence-corrected chi connectivity index (χ4v) is 4.27. The molecule has 142 valence electrons. The Morgan fingerprint density at radius 1 is 0.889 bits per heavy atom. The van der Waals surface area contributed by atoms with Crippen molar-refractivity contribution < 1.29 is 17.9 Å². The molecule has 0 aliphatic heterocycles. The smallest absolute Gasteiger partial charge is 0.262 e. The SMILES string of the molecule is COc1ccc(OC)c(NS(=O)(=O)c2cccc3c(N(C)C)cccc23)c1. The number of fused-ring (bicyclic) bond motifs is 1. The van der Waals surface area contributed by atoms with Gasteiger partial charge in [-0.05, 0) is 24.3 Å². The Kier molecular flexibility index (Phi) is 5.14. The maximum Gasteiger partial charge on any atom is 0.262 e. The lowest BCUT2D eigenvalue weighted by molar-refractivity contribution is 0.405. The van der Waals surface area contributed by atoms with Gasteiger partial charge in [0.2, 0.25) is 0 Å². The first kappa shape index (κ1) is 18.8. The number of sulfonamides is 1. The predicted molar refractivity (Wildman–Crippen MR) is 109 cm³/mol. The molecule has 0 aliphatic rings. The molecule has 0 aromatic heterocycles. The lowest BCUT2D eigenvalue weighted by Crippen LogP contribution is -2.15. The van der Waals surface area contributed by atoms with Gasteiger partial charge in [0.05, 0.1) is 24.8 Å². The molecule has 7 heteroatoms. The third-order valence-corrected chi connectivity index (χ3v) is 5.71. The third kappa shape index (κ3) is 3.64. The molecule has 0 saturated heterocycles. The Balaban J connectivity index is 2.13. The summed E-state index contributed by atoms with van der Waals surface area (Å²) in [5.74, 6) is 0.940. The van der Waals surface area contributed by atoms with Gasteiger partial charge in [-0.1, -0.05) is 24.3 Å². The van der Waals surface area contributed by atoms with Crippen LogP contribution in [0.25, 0.3) is 10.8 Å². The molecule has 0 saturated carbocycles. The van der Waals surface area contributed by atoms with Gasteiger partial charge in [-0.3, -0.25) is 4.72 Å².